The van der Waals surface area contributed by atoms with Crippen molar-refractivity contribution in [1.29, 1.82) is 0 Å². The second-order valence-corrected chi connectivity index (χ2v) is 11.5. The Morgan fingerprint density at radius 1 is 0.957 bits per heavy atom. The molecule has 0 N–H and O–H groups in total. The van der Waals surface area contributed by atoms with E-state index in [0.717, 1.165) is 61.9 Å². The minimum atomic E-state index is -4.35. The smallest absolute Gasteiger partial charge is 0.416 e. The van der Waals surface area contributed by atoms with Crippen LogP contribution >= 0.6 is 0 Å². The van der Waals surface area contributed by atoms with E-state index in [-0.39, 0.29) is 24.5 Å². The molecule has 0 aliphatic carbocycles. The molecule has 6 rings (SSSR count). The standard InChI is InChI=1S/C33H34F3N5O5/c1-23-18-25(4-11-30(23)45-21-24-2-5-26(6-3-24)33(34,35)36)19-38-14-16-39(17-15-38)27-7-9-28(10-8-27)44-22-29-12-13-40-20-31(41(42)43)37-32(40)46-29/h2-11,18,20,29H,12-17,19,21-22H2,1H3. The van der Waals surface area contributed by atoms with Crippen molar-refractivity contribution in [1.82, 2.24) is 14.5 Å². The topological polar surface area (TPSA) is 95.1 Å². The van der Waals surface area contributed by atoms with Crippen LogP contribution in [0.15, 0.2) is 72.9 Å². The van der Waals surface area contributed by atoms with Crippen LogP contribution in [0.5, 0.6) is 17.5 Å². The minimum absolute atomic E-state index is 0.198. The Bertz CT molecular complexity index is 1650. The molecular weight excluding hydrogens is 603 g/mol. The van der Waals surface area contributed by atoms with Gasteiger partial charge < -0.3 is 29.2 Å². The van der Waals surface area contributed by atoms with Crippen molar-refractivity contribution in [3.05, 3.63) is 105 Å². The Morgan fingerprint density at radius 2 is 1.67 bits per heavy atom. The molecule has 0 bridgehead atoms. The zero-order chi connectivity index (χ0) is 32.3. The van der Waals surface area contributed by atoms with Gasteiger partial charge in [-0.1, -0.05) is 24.3 Å². The third-order valence-corrected chi connectivity index (χ3v) is 8.21. The molecule has 3 aromatic carbocycles. The highest BCUT2D eigenvalue weighted by molar-refractivity contribution is 5.49. The van der Waals surface area contributed by atoms with E-state index in [0.29, 0.717) is 30.9 Å². The number of imidazole rings is 1. The lowest BCUT2D eigenvalue weighted by Gasteiger charge is -2.36. The fraction of sp³-hybridized carbons (Fsp3) is 0.364. The van der Waals surface area contributed by atoms with Crippen molar-refractivity contribution >= 4 is 11.5 Å². The number of hydrogen-bond acceptors (Lipinski definition) is 8. The van der Waals surface area contributed by atoms with Crippen LogP contribution in [0.1, 0.15) is 28.7 Å². The summed E-state index contributed by atoms with van der Waals surface area (Å²) in [6.45, 7) is 7.51. The molecule has 242 valence electrons. The molecule has 0 saturated carbocycles. The van der Waals surface area contributed by atoms with Crippen LogP contribution in [0, 0.1) is 17.0 Å². The maximum absolute atomic E-state index is 12.8. The molecule has 1 saturated heterocycles. The Hall–Kier alpha value is -4.78. The number of alkyl halides is 3. The van der Waals surface area contributed by atoms with Gasteiger partial charge in [0.1, 0.15) is 37.0 Å². The Morgan fingerprint density at radius 3 is 2.35 bits per heavy atom. The monoisotopic (exact) mass is 637 g/mol. The Kier molecular flexibility index (Phi) is 9.02. The molecule has 3 heterocycles. The minimum Gasteiger partial charge on any atom is -0.490 e. The van der Waals surface area contributed by atoms with Crippen molar-refractivity contribution in [2.24, 2.45) is 0 Å². The summed E-state index contributed by atoms with van der Waals surface area (Å²) in [7, 11) is 0. The van der Waals surface area contributed by atoms with E-state index in [2.05, 4.69) is 33.0 Å². The summed E-state index contributed by atoms with van der Waals surface area (Å²) in [5, 5.41) is 11.0. The number of benzene rings is 3. The van der Waals surface area contributed by atoms with Gasteiger partial charge in [0.05, 0.1) is 5.56 Å². The highest BCUT2D eigenvalue weighted by atomic mass is 19.4. The highest BCUT2D eigenvalue weighted by Gasteiger charge is 2.30. The lowest BCUT2D eigenvalue weighted by Crippen LogP contribution is -2.45. The van der Waals surface area contributed by atoms with E-state index in [1.165, 1.54) is 23.9 Å². The molecule has 4 aromatic rings. The lowest BCUT2D eigenvalue weighted by atomic mass is 10.1. The van der Waals surface area contributed by atoms with E-state index < -0.39 is 16.7 Å². The number of nitro groups is 1. The number of anilines is 1. The summed E-state index contributed by atoms with van der Waals surface area (Å²) in [6.07, 6.45) is -2.52. The second-order valence-electron chi connectivity index (χ2n) is 11.5. The molecule has 1 aromatic heterocycles. The third-order valence-electron chi connectivity index (χ3n) is 8.21. The van der Waals surface area contributed by atoms with Gasteiger partial charge in [-0.3, -0.25) is 9.47 Å². The van der Waals surface area contributed by atoms with Crippen molar-refractivity contribution in [2.45, 2.75) is 45.3 Å². The van der Waals surface area contributed by atoms with Gasteiger partial charge in [-0.15, -0.1) is 0 Å². The van der Waals surface area contributed by atoms with E-state index >= 15 is 0 Å². The summed E-state index contributed by atoms with van der Waals surface area (Å²) in [5.41, 5.74) is 3.29. The number of ether oxygens (including phenoxy) is 3. The number of aryl methyl sites for hydroxylation is 2. The van der Waals surface area contributed by atoms with Crippen molar-refractivity contribution < 1.29 is 32.3 Å². The van der Waals surface area contributed by atoms with Gasteiger partial charge >= 0.3 is 18.0 Å². The van der Waals surface area contributed by atoms with Gasteiger partial charge in [0.15, 0.2) is 0 Å². The van der Waals surface area contributed by atoms with Crippen molar-refractivity contribution in [3.8, 4) is 17.5 Å². The van der Waals surface area contributed by atoms with Crippen molar-refractivity contribution in [3.63, 3.8) is 0 Å². The Labute approximate surface area is 264 Å². The molecule has 10 nitrogen and oxygen atoms in total. The number of halogens is 3. The fourth-order valence-corrected chi connectivity index (χ4v) is 5.62. The molecule has 2 aliphatic heterocycles. The first-order valence-electron chi connectivity index (χ1n) is 15.1. The predicted octanol–water partition coefficient (Wildman–Crippen LogP) is 6.25. The lowest BCUT2D eigenvalue weighted by molar-refractivity contribution is -0.389. The van der Waals surface area contributed by atoms with Crippen LogP contribution in [0.2, 0.25) is 0 Å². The molecule has 46 heavy (non-hydrogen) atoms. The average Bonchev–Trinajstić information content (AvgIpc) is 3.48. The molecule has 1 unspecified atom stereocenters. The number of rotatable bonds is 10. The van der Waals surface area contributed by atoms with Gasteiger partial charge in [-0.05, 0) is 71.0 Å². The predicted molar refractivity (Wildman–Crippen MR) is 164 cm³/mol. The summed E-state index contributed by atoms with van der Waals surface area (Å²) < 4.78 is 57.7. The highest BCUT2D eigenvalue weighted by Crippen LogP contribution is 2.30. The number of hydrogen-bond donors (Lipinski definition) is 0. The zero-order valence-electron chi connectivity index (χ0n) is 25.3. The van der Waals surface area contributed by atoms with Crippen LogP contribution in [0.25, 0.3) is 0 Å². The maximum Gasteiger partial charge on any atom is 0.416 e. The van der Waals surface area contributed by atoms with Gasteiger partial charge in [0.2, 0.25) is 0 Å². The van der Waals surface area contributed by atoms with Crippen LogP contribution < -0.4 is 19.1 Å². The van der Waals surface area contributed by atoms with E-state index in [4.69, 9.17) is 14.2 Å². The number of fused-ring (bicyclic) bond motifs is 1. The molecule has 0 radical (unpaired) electrons. The first-order chi connectivity index (χ1) is 22.1. The second kappa shape index (κ2) is 13.3. The van der Waals surface area contributed by atoms with Crippen LogP contribution in [-0.4, -0.2) is 58.3 Å². The van der Waals surface area contributed by atoms with E-state index in [1.54, 1.807) is 4.57 Å². The first-order valence-corrected chi connectivity index (χ1v) is 15.1. The van der Waals surface area contributed by atoms with Gasteiger partial charge in [-0.2, -0.15) is 13.2 Å². The SMILES string of the molecule is Cc1cc(CN2CCN(c3ccc(OCC4CCn5cc([N+](=O)[O-])nc5O4)cc3)CC2)ccc1OCc1ccc(C(F)(F)F)cc1. The average molecular weight is 638 g/mol. The van der Waals surface area contributed by atoms with E-state index in [9.17, 15) is 23.3 Å². The molecule has 13 heteroatoms. The maximum atomic E-state index is 12.8. The molecule has 1 fully saturated rings. The summed E-state index contributed by atoms with van der Waals surface area (Å²) >= 11 is 0. The molecule has 2 aliphatic rings. The van der Waals surface area contributed by atoms with E-state index in [1.807, 2.05) is 31.2 Å². The molecular formula is C33H34F3N5O5. The van der Waals surface area contributed by atoms with Crippen LogP contribution in [-0.2, 0) is 25.9 Å². The third kappa shape index (κ3) is 7.53. The molecule has 0 spiro atoms. The van der Waals surface area contributed by atoms with Gasteiger partial charge in [0.25, 0.3) is 0 Å². The van der Waals surface area contributed by atoms with Gasteiger partial charge in [0, 0.05) is 56.4 Å². The number of nitrogens with zero attached hydrogens (tertiary/aromatic N) is 5. The molecule has 1 atom stereocenters. The summed E-state index contributed by atoms with van der Waals surface area (Å²) in [6, 6.07) is 19.3. The number of piperazine rings is 1. The first kappa shape index (κ1) is 31.2. The van der Waals surface area contributed by atoms with Crippen LogP contribution in [0.4, 0.5) is 24.7 Å². The zero-order valence-corrected chi connectivity index (χ0v) is 25.3. The van der Waals surface area contributed by atoms with Crippen molar-refractivity contribution in [2.75, 3.05) is 37.7 Å². The number of aromatic nitrogens is 2. The largest absolute Gasteiger partial charge is 0.490 e. The van der Waals surface area contributed by atoms with Crippen LogP contribution in [0.3, 0.4) is 0 Å². The fourth-order valence-electron chi connectivity index (χ4n) is 5.62. The summed E-state index contributed by atoms with van der Waals surface area (Å²) in [4.78, 5) is 19.1. The summed E-state index contributed by atoms with van der Waals surface area (Å²) in [5.74, 6) is 1.22. The normalized spacial score (nSPS) is 16.9. The molecule has 0 amide bonds. The quantitative estimate of drug-likeness (QED) is 0.149. The Balaban J connectivity index is 0.933. The van der Waals surface area contributed by atoms with Gasteiger partial charge in [-0.25, -0.2) is 0 Å².